The number of aromatic nitrogens is 1. The molecule has 0 amide bonds. The summed E-state index contributed by atoms with van der Waals surface area (Å²) in [6, 6.07) is 10.7. The molecule has 0 aliphatic carbocycles. The van der Waals surface area contributed by atoms with E-state index in [2.05, 4.69) is 10.0 Å². The Bertz CT molecular complexity index is 662. The molecule has 1 heterocycles. The molecule has 0 saturated heterocycles. The number of hydrogen-bond acceptors (Lipinski definition) is 3. The normalized spacial score (nSPS) is 11.5. The van der Waals surface area contributed by atoms with Crippen molar-refractivity contribution in [2.75, 3.05) is 12.4 Å². The van der Waals surface area contributed by atoms with Crippen molar-refractivity contribution in [2.45, 2.75) is 11.4 Å². The van der Waals surface area contributed by atoms with Crippen molar-refractivity contribution in [2.24, 2.45) is 7.05 Å². The average molecular weight is 279 g/mol. The van der Waals surface area contributed by atoms with Crippen molar-refractivity contribution < 1.29 is 8.42 Å². The minimum atomic E-state index is -3.40. The molecule has 0 bridgehead atoms. The third-order valence-electron chi connectivity index (χ3n) is 2.94. The zero-order valence-electron chi connectivity index (χ0n) is 10.9. The second kappa shape index (κ2) is 5.46. The summed E-state index contributed by atoms with van der Waals surface area (Å²) in [7, 11) is -0.0229. The maximum absolute atomic E-state index is 11.7. The van der Waals surface area contributed by atoms with Crippen molar-refractivity contribution in [3.63, 3.8) is 0 Å². The van der Waals surface area contributed by atoms with E-state index in [4.69, 9.17) is 0 Å². The molecule has 0 unspecified atom stereocenters. The zero-order chi connectivity index (χ0) is 13.9. The van der Waals surface area contributed by atoms with E-state index in [0.717, 1.165) is 11.4 Å². The first-order chi connectivity index (χ1) is 9.03. The van der Waals surface area contributed by atoms with Crippen molar-refractivity contribution in [3.8, 4) is 0 Å². The molecule has 19 heavy (non-hydrogen) atoms. The fraction of sp³-hybridized carbons (Fsp3) is 0.231. The number of nitrogens with zero attached hydrogens (tertiary/aromatic N) is 1. The molecule has 5 nitrogen and oxygen atoms in total. The van der Waals surface area contributed by atoms with Gasteiger partial charge in [0, 0.05) is 24.6 Å². The summed E-state index contributed by atoms with van der Waals surface area (Å²) >= 11 is 0. The molecule has 1 aromatic carbocycles. The van der Waals surface area contributed by atoms with Gasteiger partial charge in [0.25, 0.3) is 0 Å². The summed E-state index contributed by atoms with van der Waals surface area (Å²) in [6.07, 6.45) is 1.97. The predicted molar refractivity (Wildman–Crippen MR) is 75.4 cm³/mol. The number of hydrogen-bond donors (Lipinski definition) is 2. The highest BCUT2D eigenvalue weighted by molar-refractivity contribution is 7.89. The van der Waals surface area contributed by atoms with E-state index >= 15 is 0 Å². The van der Waals surface area contributed by atoms with Crippen LogP contribution in [0.1, 0.15) is 5.69 Å². The molecular weight excluding hydrogens is 262 g/mol. The van der Waals surface area contributed by atoms with Gasteiger partial charge in [0.2, 0.25) is 10.0 Å². The van der Waals surface area contributed by atoms with E-state index < -0.39 is 10.0 Å². The van der Waals surface area contributed by atoms with Gasteiger partial charge in [-0.2, -0.15) is 0 Å². The van der Waals surface area contributed by atoms with E-state index in [0.29, 0.717) is 6.54 Å². The Labute approximate surface area is 113 Å². The minimum absolute atomic E-state index is 0.256. The first-order valence-electron chi connectivity index (χ1n) is 5.90. The number of benzene rings is 1. The van der Waals surface area contributed by atoms with Crippen LogP contribution in [-0.4, -0.2) is 20.0 Å². The van der Waals surface area contributed by atoms with Gasteiger partial charge in [0.15, 0.2) is 0 Å². The third-order valence-corrected chi connectivity index (χ3v) is 4.35. The van der Waals surface area contributed by atoms with Crippen molar-refractivity contribution in [3.05, 3.63) is 48.3 Å². The molecule has 2 N–H and O–H groups in total. The van der Waals surface area contributed by atoms with Crippen molar-refractivity contribution >= 4 is 15.7 Å². The number of rotatable bonds is 5. The van der Waals surface area contributed by atoms with Crippen LogP contribution in [0.15, 0.2) is 47.5 Å². The molecule has 0 aliphatic rings. The summed E-state index contributed by atoms with van der Waals surface area (Å²) in [5.41, 5.74) is 1.90. The Morgan fingerprint density at radius 1 is 1.21 bits per heavy atom. The lowest BCUT2D eigenvalue weighted by Crippen LogP contribution is -2.18. The number of nitrogens with one attached hydrogen (secondary N) is 2. The number of sulfonamides is 1. The molecule has 0 radical (unpaired) electrons. The third kappa shape index (κ3) is 3.15. The van der Waals surface area contributed by atoms with Crippen LogP contribution in [0.5, 0.6) is 0 Å². The molecular formula is C13H17N3O2S. The molecule has 0 aliphatic heterocycles. The van der Waals surface area contributed by atoms with Crippen LogP contribution in [0.2, 0.25) is 0 Å². The quantitative estimate of drug-likeness (QED) is 0.873. The van der Waals surface area contributed by atoms with Crippen LogP contribution < -0.4 is 10.0 Å². The fourth-order valence-electron chi connectivity index (χ4n) is 1.76. The van der Waals surface area contributed by atoms with Gasteiger partial charge in [-0.1, -0.05) is 6.07 Å². The number of anilines is 1. The summed E-state index contributed by atoms with van der Waals surface area (Å²) < 4.78 is 27.7. The SMILES string of the molecule is CNS(=O)(=O)c1cccc(NCc2cccn2C)c1. The van der Waals surface area contributed by atoms with Gasteiger partial charge >= 0.3 is 0 Å². The van der Waals surface area contributed by atoms with Crippen LogP contribution in [0.3, 0.4) is 0 Å². The largest absolute Gasteiger partial charge is 0.379 e. The molecule has 0 spiro atoms. The van der Waals surface area contributed by atoms with E-state index in [1.165, 1.54) is 7.05 Å². The van der Waals surface area contributed by atoms with Crippen LogP contribution in [0.25, 0.3) is 0 Å². The zero-order valence-corrected chi connectivity index (χ0v) is 11.7. The van der Waals surface area contributed by atoms with Gasteiger partial charge in [-0.3, -0.25) is 0 Å². The van der Waals surface area contributed by atoms with E-state index in [-0.39, 0.29) is 4.90 Å². The lowest BCUT2D eigenvalue weighted by Gasteiger charge is -2.09. The Morgan fingerprint density at radius 3 is 2.63 bits per heavy atom. The monoisotopic (exact) mass is 279 g/mol. The second-order valence-corrected chi connectivity index (χ2v) is 6.09. The molecule has 2 aromatic rings. The predicted octanol–water partition coefficient (Wildman–Crippen LogP) is 1.55. The Morgan fingerprint density at radius 2 is 2.00 bits per heavy atom. The standard InChI is InChI=1S/C13H17N3O2S/c1-14-19(17,18)13-7-3-5-11(9-13)15-10-12-6-4-8-16(12)2/h3-9,14-15H,10H2,1-2H3. The Balaban J connectivity index is 2.14. The smallest absolute Gasteiger partial charge is 0.240 e. The van der Waals surface area contributed by atoms with E-state index in [9.17, 15) is 8.42 Å². The van der Waals surface area contributed by atoms with Gasteiger partial charge in [-0.25, -0.2) is 13.1 Å². The molecule has 0 atom stereocenters. The highest BCUT2D eigenvalue weighted by Gasteiger charge is 2.11. The summed E-state index contributed by atoms with van der Waals surface area (Å²) in [6.45, 7) is 0.645. The van der Waals surface area contributed by atoms with Crippen LogP contribution in [0, 0.1) is 0 Å². The van der Waals surface area contributed by atoms with Gasteiger partial charge in [0.1, 0.15) is 0 Å². The molecule has 2 rings (SSSR count). The van der Waals surface area contributed by atoms with E-state index in [1.54, 1.807) is 18.2 Å². The van der Waals surface area contributed by atoms with Gasteiger partial charge in [-0.05, 0) is 37.4 Å². The van der Waals surface area contributed by atoms with Crippen LogP contribution in [-0.2, 0) is 23.6 Å². The van der Waals surface area contributed by atoms with Crippen LogP contribution >= 0.6 is 0 Å². The Hall–Kier alpha value is -1.79. The second-order valence-electron chi connectivity index (χ2n) is 4.20. The summed E-state index contributed by atoms with van der Waals surface area (Å²) in [4.78, 5) is 0.256. The molecule has 102 valence electrons. The Kier molecular flexibility index (Phi) is 3.92. The lowest BCUT2D eigenvalue weighted by atomic mass is 10.3. The minimum Gasteiger partial charge on any atom is -0.379 e. The molecule has 6 heteroatoms. The lowest BCUT2D eigenvalue weighted by molar-refractivity contribution is 0.588. The van der Waals surface area contributed by atoms with Gasteiger partial charge in [-0.15, -0.1) is 0 Å². The van der Waals surface area contributed by atoms with Gasteiger partial charge < -0.3 is 9.88 Å². The van der Waals surface area contributed by atoms with E-state index in [1.807, 2.05) is 36.0 Å². The molecule has 1 aromatic heterocycles. The number of aryl methyl sites for hydroxylation is 1. The van der Waals surface area contributed by atoms with Crippen LogP contribution in [0.4, 0.5) is 5.69 Å². The van der Waals surface area contributed by atoms with Crippen molar-refractivity contribution in [1.29, 1.82) is 0 Å². The maximum atomic E-state index is 11.7. The molecule has 0 fully saturated rings. The first kappa shape index (κ1) is 13.6. The summed E-state index contributed by atoms with van der Waals surface area (Å²) in [5, 5.41) is 3.21. The maximum Gasteiger partial charge on any atom is 0.240 e. The highest BCUT2D eigenvalue weighted by atomic mass is 32.2. The summed E-state index contributed by atoms with van der Waals surface area (Å²) in [5.74, 6) is 0. The first-order valence-corrected chi connectivity index (χ1v) is 7.39. The average Bonchev–Trinajstić information content (AvgIpc) is 2.82. The highest BCUT2D eigenvalue weighted by Crippen LogP contribution is 2.16. The molecule has 0 saturated carbocycles. The van der Waals surface area contributed by atoms with Crippen molar-refractivity contribution in [1.82, 2.24) is 9.29 Å². The van der Waals surface area contributed by atoms with Gasteiger partial charge in [0.05, 0.1) is 11.4 Å². The fourth-order valence-corrected chi connectivity index (χ4v) is 2.54. The topological polar surface area (TPSA) is 63.1 Å².